The summed E-state index contributed by atoms with van der Waals surface area (Å²) in [5.74, 6) is 1.16. The van der Waals surface area contributed by atoms with Gasteiger partial charge in [0.2, 0.25) is 0 Å². The van der Waals surface area contributed by atoms with Crippen LogP contribution in [0.1, 0.15) is 48.0 Å². The Morgan fingerprint density at radius 1 is 1.14 bits per heavy atom. The fourth-order valence-electron chi connectivity index (χ4n) is 3.00. The molecule has 2 aliphatic rings. The number of aryl methyl sites for hydroxylation is 2. The van der Waals surface area contributed by atoms with Crippen molar-refractivity contribution in [3.63, 3.8) is 0 Å². The maximum atomic E-state index is 11.6. The quantitative estimate of drug-likeness (QED) is 0.887. The number of hydrogen-bond donors (Lipinski definition) is 1. The van der Waals surface area contributed by atoms with Crippen molar-refractivity contribution in [3.8, 4) is 0 Å². The third-order valence-corrected chi connectivity index (χ3v) is 6.19. The molecule has 1 unspecified atom stereocenters. The summed E-state index contributed by atoms with van der Waals surface area (Å²) in [5.41, 5.74) is 3.20. The Hall–Kier alpha value is -1.01. The number of sulfone groups is 1. The Kier molecular flexibility index (Phi) is 4.01. The third-order valence-electron chi connectivity index (χ3n) is 4.42. The molecule has 1 saturated heterocycles. The minimum Gasteiger partial charge on any atom is -0.314 e. The summed E-state index contributed by atoms with van der Waals surface area (Å²) in [6, 6.07) is 0.717. The second-order valence-corrected chi connectivity index (χ2v) is 8.54. The topological polar surface area (TPSA) is 72.0 Å². The first-order valence-electron chi connectivity index (χ1n) is 7.72. The van der Waals surface area contributed by atoms with Gasteiger partial charge in [-0.25, -0.2) is 18.4 Å². The maximum absolute atomic E-state index is 11.6. The normalized spacial score (nSPS) is 24.4. The highest BCUT2D eigenvalue weighted by Crippen LogP contribution is 2.27. The Bertz CT molecular complexity index is 615. The first kappa shape index (κ1) is 14.9. The van der Waals surface area contributed by atoms with Crippen LogP contribution in [0.15, 0.2) is 0 Å². The lowest BCUT2D eigenvalue weighted by Crippen LogP contribution is -2.21. The van der Waals surface area contributed by atoms with Crippen molar-refractivity contribution in [2.24, 2.45) is 0 Å². The summed E-state index contributed by atoms with van der Waals surface area (Å²) in [4.78, 5) is 9.18. The predicted molar refractivity (Wildman–Crippen MR) is 82.2 cm³/mol. The molecular weight excluding hydrogens is 286 g/mol. The van der Waals surface area contributed by atoms with E-state index in [1.165, 1.54) is 18.4 Å². The van der Waals surface area contributed by atoms with Crippen LogP contribution in [0.25, 0.3) is 0 Å². The van der Waals surface area contributed by atoms with E-state index in [0.717, 1.165) is 30.4 Å². The Balaban J connectivity index is 1.72. The fraction of sp³-hybridized carbons (Fsp3) is 0.733. The molecule has 0 bridgehead atoms. The van der Waals surface area contributed by atoms with Crippen LogP contribution in [-0.2, 0) is 16.3 Å². The van der Waals surface area contributed by atoms with E-state index in [2.05, 4.69) is 15.3 Å². The molecule has 1 N–H and O–H groups in total. The SMILES string of the molecule is Cc1nc(C2CCS(=O)(=O)C2)nc(C)c1CCNC1CC1. The van der Waals surface area contributed by atoms with Crippen molar-refractivity contribution >= 4 is 9.84 Å². The number of hydrogen-bond acceptors (Lipinski definition) is 5. The van der Waals surface area contributed by atoms with Crippen LogP contribution in [0.3, 0.4) is 0 Å². The van der Waals surface area contributed by atoms with Crippen LogP contribution in [0, 0.1) is 13.8 Å². The molecule has 1 saturated carbocycles. The van der Waals surface area contributed by atoms with Gasteiger partial charge in [-0.1, -0.05) is 0 Å². The molecule has 1 aliphatic carbocycles. The lowest BCUT2D eigenvalue weighted by atomic mass is 10.1. The van der Waals surface area contributed by atoms with Crippen LogP contribution in [0.2, 0.25) is 0 Å². The number of nitrogens with one attached hydrogen (secondary N) is 1. The smallest absolute Gasteiger partial charge is 0.151 e. The van der Waals surface area contributed by atoms with Gasteiger partial charge in [-0.2, -0.15) is 0 Å². The molecule has 5 nitrogen and oxygen atoms in total. The molecule has 1 aliphatic heterocycles. The summed E-state index contributed by atoms with van der Waals surface area (Å²) < 4.78 is 23.2. The van der Waals surface area contributed by atoms with Gasteiger partial charge in [0.25, 0.3) is 0 Å². The van der Waals surface area contributed by atoms with Crippen molar-refractivity contribution in [3.05, 3.63) is 22.8 Å². The molecule has 2 heterocycles. The minimum atomic E-state index is -2.89. The Morgan fingerprint density at radius 2 is 1.81 bits per heavy atom. The summed E-state index contributed by atoms with van der Waals surface area (Å²) in [5, 5.41) is 3.51. The standard InChI is InChI=1S/C15H23N3O2S/c1-10-14(5-7-16-13-3-4-13)11(2)18-15(17-10)12-6-8-21(19,20)9-12/h12-13,16H,3-9H2,1-2H3. The van der Waals surface area contributed by atoms with E-state index >= 15 is 0 Å². The summed E-state index contributed by atoms with van der Waals surface area (Å²) in [6.45, 7) is 4.98. The van der Waals surface area contributed by atoms with Crippen LogP contribution >= 0.6 is 0 Å². The van der Waals surface area contributed by atoms with E-state index in [1.54, 1.807) is 0 Å². The zero-order chi connectivity index (χ0) is 15.0. The molecule has 0 aromatic carbocycles. The average molecular weight is 309 g/mol. The molecule has 2 fully saturated rings. The van der Waals surface area contributed by atoms with E-state index in [4.69, 9.17) is 0 Å². The van der Waals surface area contributed by atoms with Crippen LogP contribution < -0.4 is 5.32 Å². The first-order chi connectivity index (χ1) is 9.94. The zero-order valence-electron chi connectivity index (χ0n) is 12.7. The maximum Gasteiger partial charge on any atom is 0.151 e. The van der Waals surface area contributed by atoms with Gasteiger partial charge in [-0.15, -0.1) is 0 Å². The van der Waals surface area contributed by atoms with Crippen LogP contribution in [0.4, 0.5) is 0 Å². The Labute approximate surface area is 126 Å². The molecule has 0 radical (unpaired) electrons. The van der Waals surface area contributed by atoms with Gasteiger partial charge in [0.15, 0.2) is 9.84 Å². The number of aromatic nitrogens is 2. The fourth-order valence-corrected chi connectivity index (χ4v) is 4.74. The van der Waals surface area contributed by atoms with Gasteiger partial charge in [0, 0.05) is 23.3 Å². The van der Waals surface area contributed by atoms with E-state index in [9.17, 15) is 8.42 Å². The third kappa shape index (κ3) is 3.61. The predicted octanol–water partition coefficient (Wildman–Crippen LogP) is 1.29. The van der Waals surface area contributed by atoms with E-state index in [1.807, 2.05) is 13.8 Å². The molecule has 116 valence electrons. The van der Waals surface area contributed by atoms with Crippen molar-refractivity contribution in [2.45, 2.75) is 51.5 Å². The van der Waals surface area contributed by atoms with Gasteiger partial charge in [0.05, 0.1) is 11.5 Å². The number of rotatable bonds is 5. The van der Waals surface area contributed by atoms with Crippen molar-refractivity contribution in [2.75, 3.05) is 18.1 Å². The average Bonchev–Trinajstić information content (AvgIpc) is 3.15. The highest BCUT2D eigenvalue weighted by atomic mass is 32.2. The van der Waals surface area contributed by atoms with Gasteiger partial charge in [-0.05, 0) is 51.6 Å². The summed E-state index contributed by atoms with van der Waals surface area (Å²) >= 11 is 0. The number of nitrogens with zero attached hydrogens (tertiary/aromatic N) is 2. The highest BCUT2D eigenvalue weighted by Gasteiger charge is 2.31. The van der Waals surface area contributed by atoms with Crippen molar-refractivity contribution in [1.29, 1.82) is 0 Å². The Morgan fingerprint density at radius 3 is 2.33 bits per heavy atom. The summed E-state index contributed by atoms with van der Waals surface area (Å²) in [6.07, 6.45) is 4.19. The molecule has 3 rings (SSSR count). The molecule has 6 heteroatoms. The van der Waals surface area contributed by atoms with E-state index < -0.39 is 9.84 Å². The van der Waals surface area contributed by atoms with Crippen molar-refractivity contribution < 1.29 is 8.42 Å². The largest absolute Gasteiger partial charge is 0.314 e. The molecular formula is C15H23N3O2S. The summed E-state index contributed by atoms with van der Waals surface area (Å²) in [7, 11) is -2.89. The lowest BCUT2D eigenvalue weighted by Gasteiger charge is -2.13. The van der Waals surface area contributed by atoms with E-state index in [-0.39, 0.29) is 17.4 Å². The van der Waals surface area contributed by atoms with Gasteiger partial charge in [0.1, 0.15) is 5.82 Å². The second kappa shape index (κ2) is 5.65. The van der Waals surface area contributed by atoms with Gasteiger partial charge < -0.3 is 5.32 Å². The monoisotopic (exact) mass is 309 g/mol. The molecule has 1 aromatic heterocycles. The highest BCUT2D eigenvalue weighted by molar-refractivity contribution is 7.91. The van der Waals surface area contributed by atoms with Crippen LogP contribution in [-0.4, -0.2) is 42.5 Å². The van der Waals surface area contributed by atoms with Crippen LogP contribution in [0.5, 0.6) is 0 Å². The van der Waals surface area contributed by atoms with Crippen molar-refractivity contribution in [1.82, 2.24) is 15.3 Å². The molecule has 0 amide bonds. The van der Waals surface area contributed by atoms with Gasteiger partial charge >= 0.3 is 0 Å². The molecule has 21 heavy (non-hydrogen) atoms. The second-order valence-electron chi connectivity index (χ2n) is 6.31. The molecule has 0 spiro atoms. The molecule has 1 aromatic rings. The minimum absolute atomic E-state index is 0.0222. The first-order valence-corrected chi connectivity index (χ1v) is 9.54. The molecule has 1 atom stereocenters. The van der Waals surface area contributed by atoms with E-state index in [0.29, 0.717) is 12.2 Å². The zero-order valence-corrected chi connectivity index (χ0v) is 13.5. The van der Waals surface area contributed by atoms with Gasteiger partial charge in [-0.3, -0.25) is 0 Å². The lowest BCUT2D eigenvalue weighted by molar-refractivity contribution is 0.600.